The third-order valence-electron chi connectivity index (χ3n) is 3.14. The number of carbonyl (C=O) groups excluding carboxylic acids is 1. The molecule has 5 heteroatoms. The maximum atomic E-state index is 11.4. The second kappa shape index (κ2) is 9.18. The number of nitrogen functional groups attached to an aromatic ring is 1. The topological polar surface area (TPSA) is 77.2 Å². The van der Waals surface area contributed by atoms with Gasteiger partial charge in [0.1, 0.15) is 5.82 Å². The molecule has 0 fully saturated rings. The lowest BCUT2D eigenvalue weighted by molar-refractivity contribution is 0.0594. The van der Waals surface area contributed by atoms with Crippen LogP contribution in [0.5, 0.6) is 0 Å². The van der Waals surface area contributed by atoms with Crippen LogP contribution in [0.2, 0.25) is 0 Å². The third kappa shape index (κ3) is 5.47. The third-order valence-corrected chi connectivity index (χ3v) is 3.14. The van der Waals surface area contributed by atoms with Crippen molar-refractivity contribution in [1.82, 2.24) is 4.98 Å². The summed E-state index contributed by atoms with van der Waals surface area (Å²) >= 11 is 0. The molecule has 0 saturated heterocycles. The summed E-state index contributed by atoms with van der Waals surface area (Å²) < 4.78 is 4.64. The molecule has 0 atom stereocenters. The van der Waals surface area contributed by atoms with Crippen LogP contribution in [0.15, 0.2) is 12.1 Å². The van der Waals surface area contributed by atoms with Gasteiger partial charge in [0, 0.05) is 6.54 Å². The molecule has 3 N–H and O–H groups in total. The molecule has 0 aliphatic heterocycles. The molecule has 0 aromatic carbocycles. The number of rotatable bonds is 9. The molecule has 0 spiro atoms. The fourth-order valence-electron chi connectivity index (χ4n) is 1.94. The number of methoxy groups -OCH3 is 1. The summed E-state index contributed by atoms with van der Waals surface area (Å²) in [4.78, 5) is 15.6. The van der Waals surface area contributed by atoms with Crippen LogP contribution in [-0.2, 0) is 4.74 Å². The van der Waals surface area contributed by atoms with Crippen molar-refractivity contribution in [3.8, 4) is 0 Å². The zero-order valence-corrected chi connectivity index (χ0v) is 12.4. The molecule has 112 valence electrons. The van der Waals surface area contributed by atoms with Crippen LogP contribution in [-0.4, -0.2) is 24.6 Å². The molecular weight excluding hydrogens is 254 g/mol. The lowest BCUT2D eigenvalue weighted by atomic mass is 10.1. The monoisotopic (exact) mass is 279 g/mol. The molecule has 0 aliphatic carbocycles. The zero-order valence-electron chi connectivity index (χ0n) is 12.4. The van der Waals surface area contributed by atoms with E-state index in [1.54, 1.807) is 12.1 Å². The van der Waals surface area contributed by atoms with E-state index in [9.17, 15) is 4.79 Å². The van der Waals surface area contributed by atoms with Crippen molar-refractivity contribution >= 4 is 17.5 Å². The lowest BCUT2D eigenvalue weighted by Gasteiger charge is -2.09. The van der Waals surface area contributed by atoms with Crippen molar-refractivity contribution in [3.63, 3.8) is 0 Å². The number of aromatic nitrogens is 1. The summed E-state index contributed by atoms with van der Waals surface area (Å²) in [6.45, 7) is 3.03. The van der Waals surface area contributed by atoms with E-state index in [1.807, 2.05) is 0 Å². The van der Waals surface area contributed by atoms with Gasteiger partial charge in [-0.1, -0.05) is 39.0 Å². The van der Waals surface area contributed by atoms with Crippen molar-refractivity contribution in [2.45, 2.75) is 45.4 Å². The molecule has 1 aromatic heterocycles. The fourth-order valence-corrected chi connectivity index (χ4v) is 1.94. The average Bonchev–Trinajstić information content (AvgIpc) is 2.47. The largest absolute Gasteiger partial charge is 0.464 e. The molecule has 0 saturated carbocycles. The van der Waals surface area contributed by atoms with E-state index in [1.165, 1.54) is 39.2 Å². The van der Waals surface area contributed by atoms with E-state index in [4.69, 9.17) is 5.73 Å². The van der Waals surface area contributed by atoms with Gasteiger partial charge in [-0.05, 0) is 18.6 Å². The number of unbranched alkanes of at least 4 members (excludes halogenated alkanes) is 5. The van der Waals surface area contributed by atoms with Crippen LogP contribution in [0.4, 0.5) is 11.5 Å². The number of nitrogens with two attached hydrogens (primary N) is 1. The van der Waals surface area contributed by atoms with E-state index in [-0.39, 0.29) is 5.69 Å². The van der Waals surface area contributed by atoms with Crippen molar-refractivity contribution in [2.75, 3.05) is 24.7 Å². The average molecular weight is 279 g/mol. The van der Waals surface area contributed by atoms with E-state index >= 15 is 0 Å². The quantitative estimate of drug-likeness (QED) is 0.536. The molecule has 1 rings (SSSR count). The maximum Gasteiger partial charge on any atom is 0.356 e. The number of esters is 1. The first-order chi connectivity index (χ1) is 9.69. The van der Waals surface area contributed by atoms with Crippen LogP contribution < -0.4 is 11.1 Å². The molecule has 0 amide bonds. The Labute approximate surface area is 120 Å². The Morgan fingerprint density at radius 1 is 1.25 bits per heavy atom. The number of pyridine rings is 1. The highest BCUT2D eigenvalue weighted by Gasteiger charge is 2.09. The first kappa shape index (κ1) is 16.3. The first-order valence-corrected chi connectivity index (χ1v) is 7.27. The minimum Gasteiger partial charge on any atom is -0.464 e. The maximum absolute atomic E-state index is 11.4. The number of carbonyl (C=O) groups is 1. The summed E-state index contributed by atoms with van der Waals surface area (Å²) in [5.74, 6) is 0.106. The van der Waals surface area contributed by atoms with Gasteiger partial charge in [-0.2, -0.15) is 0 Å². The Kier molecular flexibility index (Phi) is 7.47. The van der Waals surface area contributed by atoms with Crippen LogP contribution >= 0.6 is 0 Å². The van der Waals surface area contributed by atoms with E-state index in [0.717, 1.165) is 13.0 Å². The molecular formula is C15H25N3O2. The molecule has 20 heavy (non-hydrogen) atoms. The second-order valence-electron chi connectivity index (χ2n) is 4.82. The molecule has 0 aliphatic rings. The van der Waals surface area contributed by atoms with Crippen LogP contribution in [0, 0.1) is 0 Å². The highest BCUT2D eigenvalue weighted by atomic mass is 16.5. The van der Waals surface area contributed by atoms with Crippen LogP contribution in [0.3, 0.4) is 0 Å². The van der Waals surface area contributed by atoms with Gasteiger partial charge in [-0.25, -0.2) is 9.78 Å². The van der Waals surface area contributed by atoms with Gasteiger partial charge in [-0.15, -0.1) is 0 Å². The predicted molar refractivity (Wildman–Crippen MR) is 81.9 cm³/mol. The number of anilines is 2. The van der Waals surface area contributed by atoms with Crippen molar-refractivity contribution in [2.24, 2.45) is 0 Å². The lowest BCUT2D eigenvalue weighted by Crippen LogP contribution is -2.10. The molecule has 0 radical (unpaired) electrons. The van der Waals surface area contributed by atoms with Crippen LogP contribution in [0.25, 0.3) is 0 Å². The van der Waals surface area contributed by atoms with Gasteiger partial charge in [0.25, 0.3) is 0 Å². The van der Waals surface area contributed by atoms with Crippen molar-refractivity contribution < 1.29 is 9.53 Å². The Morgan fingerprint density at radius 2 is 1.95 bits per heavy atom. The van der Waals surface area contributed by atoms with Gasteiger partial charge in [0.15, 0.2) is 5.69 Å². The normalized spacial score (nSPS) is 10.3. The summed E-state index contributed by atoms with van der Waals surface area (Å²) in [6, 6.07) is 3.24. The van der Waals surface area contributed by atoms with Gasteiger partial charge in [-0.3, -0.25) is 0 Å². The molecule has 0 bridgehead atoms. The minimum atomic E-state index is -0.451. The van der Waals surface area contributed by atoms with Gasteiger partial charge < -0.3 is 15.8 Å². The van der Waals surface area contributed by atoms with Crippen molar-refractivity contribution in [1.29, 1.82) is 0 Å². The second-order valence-corrected chi connectivity index (χ2v) is 4.82. The Morgan fingerprint density at radius 3 is 2.65 bits per heavy atom. The summed E-state index contributed by atoms with van der Waals surface area (Å²) in [5, 5.41) is 3.18. The first-order valence-electron chi connectivity index (χ1n) is 7.27. The highest BCUT2D eigenvalue weighted by molar-refractivity contribution is 5.88. The van der Waals surface area contributed by atoms with Crippen LogP contribution in [0.1, 0.15) is 55.9 Å². The summed E-state index contributed by atoms with van der Waals surface area (Å²) in [7, 11) is 1.34. The molecule has 1 aromatic rings. The Hall–Kier alpha value is -1.78. The SMILES string of the molecule is CCCCCCCCNc1nc(C(=O)OC)ccc1N. The molecule has 1 heterocycles. The number of hydrogen-bond acceptors (Lipinski definition) is 5. The number of nitrogens with zero attached hydrogens (tertiary/aromatic N) is 1. The van der Waals surface area contributed by atoms with Gasteiger partial charge in [0.05, 0.1) is 12.8 Å². The standard InChI is InChI=1S/C15H25N3O2/c1-3-4-5-6-7-8-11-17-14-12(16)9-10-13(18-14)15(19)20-2/h9-10H,3-8,11,16H2,1-2H3,(H,17,18). The summed E-state index contributed by atoms with van der Waals surface area (Å²) in [6.07, 6.45) is 7.41. The summed E-state index contributed by atoms with van der Waals surface area (Å²) in [5.41, 5.74) is 6.65. The minimum absolute atomic E-state index is 0.271. The van der Waals surface area contributed by atoms with Crippen molar-refractivity contribution in [3.05, 3.63) is 17.8 Å². The molecule has 0 unspecified atom stereocenters. The smallest absolute Gasteiger partial charge is 0.356 e. The highest BCUT2D eigenvalue weighted by Crippen LogP contribution is 2.16. The van der Waals surface area contributed by atoms with Gasteiger partial charge in [0.2, 0.25) is 0 Å². The number of nitrogens with one attached hydrogen (secondary N) is 1. The number of hydrogen-bond donors (Lipinski definition) is 2. The Balaban J connectivity index is 2.37. The van der Waals surface area contributed by atoms with E-state index < -0.39 is 5.97 Å². The fraction of sp³-hybridized carbons (Fsp3) is 0.600. The number of ether oxygens (including phenoxy) is 1. The molecule has 5 nitrogen and oxygen atoms in total. The van der Waals surface area contributed by atoms with Gasteiger partial charge >= 0.3 is 5.97 Å². The van der Waals surface area contributed by atoms with E-state index in [0.29, 0.717) is 11.5 Å². The zero-order chi connectivity index (χ0) is 14.8. The van der Waals surface area contributed by atoms with E-state index in [2.05, 4.69) is 22.0 Å². The Bertz CT molecular complexity index is 422. The predicted octanol–water partition coefficient (Wildman–Crippen LogP) is 3.22.